The highest BCUT2D eigenvalue weighted by Crippen LogP contribution is 2.16. The van der Waals surface area contributed by atoms with Gasteiger partial charge in [0.2, 0.25) is 5.91 Å². The van der Waals surface area contributed by atoms with Gasteiger partial charge in [0.1, 0.15) is 0 Å². The number of unbranched alkanes of at least 4 members (excludes halogenated alkanes) is 2. The Labute approximate surface area is 124 Å². The van der Waals surface area contributed by atoms with Gasteiger partial charge in [-0.15, -0.1) is 0 Å². The summed E-state index contributed by atoms with van der Waals surface area (Å²) < 4.78 is 0. The molecule has 2 nitrogen and oxygen atoms in total. The van der Waals surface area contributed by atoms with Gasteiger partial charge < -0.3 is 5.32 Å². The summed E-state index contributed by atoms with van der Waals surface area (Å²) in [6, 6.07) is 10.3. The molecule has 0 aromatic heterocycles. The highest BCUT2D eigenvalue weighted by atomic mass is 16.1. The lowest BCUT2D eigenvalue weighted by Gasteiger charge is -2.18. The lowest BCUT2D eigenvalue weighted by atomic mass is 9.93. The summed E-state index contributed by atoms with van der Waals surface area (Å²) in [4.78, 5) is 12.3. The van der Waals surface area contributed by atoms with Crippen LogP contribution >= 0.6 is 0 Å². The molecule has 0 saturated heterocycles. The van der Waals surface area contributed by atoms with E-state index in [2.05, 4.69) is 38.2 Å². The van der Waals surface area contributed by atoms with Crippen molar-refractivity contribution in [3.8, 4) is 0 Å². The number of carbonyl (C=O) groups excluding carboxylic acids is 1. The van der Waals surface area contributed by atoms with E-state index in [0.717, 1.165) is 25.8 Å². The van der Waals surface area contributed by atoms with Crippen LogP contribution in [-0.2, 0) is 11.2 Å². The summed E-state index contributed by atoms with van der Waals surface area (Å²) in [5.41, 5.74) is 1.26. The van der Waals surface area contributed by atoms with Gasteiger partial charge in [-0.25, -0.2) is 0 Å². The lowest BCUT2D eigenvalue weighted by molar-refractivity contribution is -0.125. The minimum Gasteiger partial charge on any atom is -0.356 e. The van der Waals surface area contributed by atoms with Gasteiger partial charge in [0.25, 0.3) is 0 Å². The minimum absolute atomic E-state index is 0.114. The molecule has 0 aliphatic heterocycles. The molecule has 1 rings (SSSR count). The third-order valence-electron chi connectivity index (χ3n) is 3.54. The van der Waals surface area contributed by atoms with E-state index >= 15 is 0 Å². The quantitative estimate of drug-likeness (QED) is 0.672. The first-order valence-corrected chi connectivity index (χ1v) is 7.95. The van der Waals surface area contributed by atoms with Gasteiger partial charge in [0.15, 0.2) is 0 Å². The van der Waals surface area contributed by atoms with Crippen molar-refractivity contribution in [3.63, 3.8) is 0 Å². The zero-order chi connectivity index (χ0) is 14.8. The molecule has 1 aromatic carbocycles. The molecule has 1 unspecified atom stereocenters. The molecular weight excluding hydrogens is 246 g/mol. The maximum atomic E-state index is 12.3. The topological polar surface area (TPSA) is 29.1 Å². The van der Waals surface area contributed by atoms with E-state index in [9.17, 15) is 4.79 Å². The third-order valence-corrected chi connectivity index (χ3v) is 3.54. The number of nitrogens with one attached hydrogen (secondary N) is 1. The van der Waals surface area contributed by atoms with Crippen molar-refractivity contribution in [3.05, 3.63) is 35.9 Å². The highest BCUT2D eigenvalue weighted by molar-refractivity contribution is 5.78. The van der Waals surface area contributed by atoms with Crippen LogP contribution in [0.2, 0.25) is 0 Å². The van der Waals surface area contributed by atoms with Crippen LogP contribution in [0.15, 0.2) is 30.3 Å². The van der Waals surface area contributed by atoms with Crippen LogP contribution in [0.5, 0.6) is 0 Å². The Hall–Kier alpha value is -1.31. The van der Waals surface area contributed by atoms with Crippen LogP contribution < -0.4 is 5.32 Å². The average Bonchev–Trinajstić information content (AvgIpc) is 2.45. The fourth-order valence-corrected chi connectivity index (χ4v) is 2.31. The van der Waals surface area contributed by atoms with E-state index in [-0.39, 0.29) is 11.8 Å². The largest absolute Gasteiger partial charge is 0.356 e. The molecule has 1 aromatic rings. The van der Waals surface area contributed by atoms with E-state index in [1.807, 2.05) is 18.2 Å². The Kier molecular flexibility index (Phi) is 8.01. The Morgan fingerprint density at radius 1 is 1.15 bits per heavy atom. The second kappa shape index (κ2) is 9.57. The van der Waals surface area contributed by atoms with Crippen molar-refractivity contribution in [2.45, 2.75) is 52.9 Å². The molecular formula is C18H29NO. The molecule has 0 bridgehead atoms. The molecule has 0 radical (unpaired) electrons. The molecule has 112 valence electrons. The SMILES string of the molecule is CCCCCC(Cc1ccccc1)C(=O)NCC(C)C. The van der Waals surface area contributed by atoms with E-state index < -0.39 is 0 Å². The van der Waals surface area contributed by atoms with Crippen molar-refractivity contribution in [1.82, 2.24) is 5.32 Å². The van der Waals surface area contributed by atoms with Gasteiger partial charge >= 0.3 is 0 Å². The Morgan fingerprint density at radius 2 is 1.85 bits per heavy atom. The normalized spacial score (nSPS) is 12.4. The fourth-order valence-electron chi connectivity index (χ4n) is 2.31. The van der Waals surface area contributed by atoms with E-state index in [1.165, 1.54) is 18.4 Å². The summed E-state index contributed by atoms with van der Waals surface area (Å²) in [6.45, 7) is 7.23. The molecule has 0 aliphatic carbocycles. The minimum atomic E-state index is 0.114. The molecule has 0 fully saturated rings. The van der Waals surface area contributed by atoms with Crippen LogP contribution in [-0.4, -0.2) is 12.5 Å². The molecule has 2 heteroatoms. The van der Waals surface area contributed by atoms with E-state index in [0.29, 0.717) is 5.92 Å². The van der Waals surface area contributed by atoms with Gasteiger partial charge in [-0.1, -0.05) is 70.4 Å². The van der Waals surface area contributed by atoms with Crippen molar-refractivity contribution < 1.29 is 4.79 Å². The molecule has 1 N–H and O–H groups in total. The second-order valence-corrected chi connectivity index (χ2v) is 6.02. The summed E-state index contributed by atoms with van der Waals surface area (Å²) in [5.74, 6) is 0.841. The molecule has 0 aliphatic rings. The lowest BCUT2D eigenvalue weighted by Crippen LogP contribution is -2.34. The predicted molar refractivity (Wildman–Crippen MR) is 85.6 cm³/mol. The van der Waals surface area contributed by atoms with Gasteiger partial charge in [-0.3, -0.25) is 4.79 Å². The predicted octanol–water partition coefficient (Wildman–Crippen LogP) is 4.20. The van der Waals surface area contributed by atoms with Crippen molar-refractivity contribution in [2.75, 3.05) is 6.54 Å². The first-order chi connectivity index (χ1) is 9.63. The third kappa shape index (κ3) is 6.74. The zero-order valence-corrected chi connectivity index (χ0v) is 13.2. The Balaban J connectivity index is 2.56. The van der Waals surface area contributed by atoms with Crippen molar-refractivity contribution in [2.24, 2.45) is 11.8 Å². The summed E-state index contributed by atoms with van der Waals surface area (Å²) in [5, 5.41) is 3.09. The summed E-state index contributed by atoms with van der Waals surface area (Å²) >= 11 is 0. The molecule has 0 heterocycles. The van der Waals surface area contributed by atoms with Crippen LogP contribution in [0.1, 0.15) is 52.0 Å². The zero-order valence-electron chi connectivity index (χ0n) is 13.2. The van der Waals surface area contributed by atoms with Crippen LogP contribution in [0.4, 0.5) is 0 Å². The number of hydrogen-bond donors (Lipinski definition) is 1. The Morgan fingerprint density at radius 3 is 2.45 bits per heavy atom. The number of amides is 1. The number of benzene rings is 1. The number of hydrogen-bond acceptors (Lipinski definition) is 1. The van der Waals surface area contributed by atoms with Gasteiger partial charge in [-0.05, 0) is 24.3 Å². The molecule has 1 amide bonds. The van der Waals surface area contributed by atoms with Crippen LogP contribution in [0.3, 0.4) is 0 Å². The highest BCUT2D eigenvalue weighted by Gasteiger charge is 2.18. The van der Waals surface area contributed by atoms with Crippen molar-refractivity contribution >= 4 is 5.91 Å². The maximum absolute atomic E-state index is 12.3. The standard InChI is InChI=1S/C18H29NO/c1-4-5-7-12-17(18(20)19-14-15(2)3)13-16-10-8-6-9-11-16/h6,8-11,15,17H,4-5,7,12-14H2,1-3H3,(H,19,20). The second-order valence-electron chi connectivity index (χ2n) is 6.02. The van der Waals surface area contributed by atoms with Gasteiger partial charge in [0.05, 0.1) is 0 Å². The molecule has 0 spiro atoms. The van der Waals surface area contributed by atoms with E-state index in [4.69, 9.17) is 0 Å². The maximum Gasteiger partial charge on any atom is 0.223 e. The first kappa shape index (κ1) is 16.7. The molecule has 1 atom stereocenters. The monoisotopic (exact) mass is 275 g/mol. The number of carbonyl (C=O) groups is 1. The molecule has 0 saturated carbocycles. The number of rotatable bonds is 9. The smallest absolute Gasteiger partial charge is 0.223 e. The average molecular weight is 275 g/mol. The van der Waals surface area contributed by atoms with Gasteiger partial charge in [0, 0.05) is 12.5 Å². The fraction of sp³-hybridized carbons (Fsp3) is 0.611. The Bertz CT molecular complexity index is 372. The van der Waals surface area contributed by atoms with Crippen molar-refractivity contribution in [1.29, 1.82) is 0 Å². The van der Waals surface area contributed by atoms with Crippen LogP contribution in [0, 0.1) is 11.8 Å². The first-order valence-electron chi connectivity index (χ1n) is 7.95. The van der Waals surface area contributed by atoms with E-state index in [1.54, 1.807) is 0 Å². The molecule has 20 heavy (non-hydrogen) atoms. The van der Waals surface area contributed by atoms with Gasteiger partial charge in [-0.2, -0.15) is 0 Å². The summed E-state index contributed by atoms with van der Waals surface area (Å²) in [6.07, 6.45) is 5.40. The summed E-state index contributed by atoms with van der Waals surface area (Å²) in [7, 11) is 0. The van der Waals surface area contributed by atoms with Crippen LogP contribution in [0.25, 0.3) is 0 Å².